The molecule has 3 aromatic rings. The van der Waals surface area contributed by atoms with Gasteiger partial charge < -0.3 is 19.8 Å². The second kappa shape index (κ2) is 4.09. The number of para-hydroxylation sites is 1. The fourth-order valence-electron chi connectivity index (χ4n) is 3.50. The minimum absolute atomic E-state index is 0.0183. The van der Waals surface area contributed by atoms with Crippen LogP contribution < -0.4 is 5.73 Å². The molecule has 2 aliphatic heterocycles. The summed E-state index contributed by atoms with van der Waals surface area (Å²) in [6.45, 7) is 1.28. The molecule has 2 unspecified atom stereocenters. The van der Waals surface area contributed by atoms with Crippen LogP contribution in [0.4, 0.5) is 5.69 Å². The highest BCUT2D eigenvalue weighted by molar-refractivity contribution is 5.88. The molecule has 2 aliphatic rings. The number of rotatable bonds is 1. The first-order valence-corrected chi connectivity index (χ1v) is 7.40. The van der Waals surface area contributed by atoms with Crippen molar-refractivity contribution in [3.63, 3.8) is 0 Å². The van der Waals surface area contributed by atoms with Crippen molar-refractivity contribution in [2.75, 3.05) is 12.3 Å². The maximum absolute atomic E-state index is 6.22. The van der Waals surface area contributed by atoms with Gasteiger partial charge in [0.05, 0.1) is 29.9 Å². The van der Waals surface area contributed by atoms with Crippen LogP contribution in [0.2, 0.25) is 0 Å². The predicted octanol–water partition coefficient (Wildman–Crippen LogP) is 2.25. The van der Waals surface area contributed by atoms with Crippen molar-refractivity contribution in [3.8, 4) is 0 Å². The summed E-state index contributed by atoms with van der Waals surface area (Å²) >= 11 is 0. The summed E-state index contributed by atoms with van der Waals surface area (Å²) in [5.74, 6) is -0.143. The van der Waals surface area contributed by atoms with Crippen molar-refractivity contribution in [2.24, 2.45) is 0 Å². The van der Waals surface area contributed by atoms with Crippen molar-refractivity contribution < 1.29 is 9.47 Å². The monoisotopic (exact) mass is 293 g/mol. The lowest BCUT2D eigenvalue weighted by Gasteiger charge is -2.32. The van der Waals surface area contributed by atoms with Crippen LogP contribution >= 0.6 is 0 Å². The normalized spacial score (nSPS) is 26.3. The first-order valence-electron chi connectivity index (χ1n) is 7.40. The molecule has 2 aromatic carbocycles. The summed E-state index contributed by atoms with van der Waals surface area (Å²) in [5.41, 5.74) is 9.73. The summed E-state index contributed by atoms with van der Waals surface area (Å²) in [7, 11) is 0. The Morgan fingerprint density at radius 3 is 2.86 bits per heavy atom. The van der Waals surface area contributed by atoms with Crippen LogP contribution in [-0.4, -0.2) is 22.3 Å². The van der Waals surface area contributed by atoms with Crippen LogP contribution in [0.5, 0.6) is 0 Å². The second-order valence-corrected chi connectivity index (χ2v) is 5.79. The fraction of sp³-hybridized carbons (Fsp3) is 0.235. The van der Waals surface area contributed by atoms with E-state index in [1.165, 1.54) is 0 Å². The van der Waals surface area contributed by atoms with Crippen molar-refractivity contribution in [1.82, 2.24) is 9.55 Å². The number of nitrogen functional groups attached to an aromatic ring is 1. The Morgan fingerprint density at radius 2 is 2.00 bits per heavy atom. The molecule has 3 heterocycles. The zero-order valence-corrected chi connectivity index (χ0v) is 11.9. The Bertz CT molecular complexity index is 874. The number of imidazole rings is 1. The standard InChI is InChI=1S/C17H15N3O2/c18-13-7-4-8-14-15(13)20-9-12-10-21-17(22-12,16(20)19-14)11-5-2-1-3-6-11/h1-8,12H,9-10,18H2. The average Bonchev–Trinajstić information content (AvgIpc) is 3.10. The lowest BCUT2D eigenvalue weighted by molar-refractivity contribution is -0.162. The van der Waals surface area contributed by atoms with Crippen molar-refractivity contribution in [1.29, 1.82) is 0 Å². The largest absolute Gasteiger partial charge is 0.397 e. The number of benzene rings is 2. The molecule has 1 fully saturated rings. The minimum Gasteiger partial charge on any atom is -0.397 e. The Hall–Kier alpha value is -2.37. The van der Waals surface area contributed by atoms with Gasteiger partial charge >= 0.3 is 0 Å². The van der Waals surface area contributed by atoms with Gasteiger partial charge in [0, 0.05) is 5.56 Å². The Kier molecular flexibility index (Phi) is 2.27. The molecule has 110 valence electrons. The third-order valence-electron chi connectivity index (χ3n) is 4.44. The van der Waals surface area contributed by atoms with Crippen molar-refractivity contribution in [3.05, 3.63) is 59.9 Å². The van der Waals surface area contributed by atoms with Crippen molar-refractivity contribution >= 4 is 16.7 Å². The van der Waals surface area contributed by atoms with E-state index in [4.69, 9.17) is 20.2 Å². The smallest absolute Gasteiger partial charge is 0.256 e. The summed E-state index contributed by atoms with van der Waals surface area (Å²) < 4.78 is 14.5. The number of nitrogens with two attached hydrogens (primary N) is 1. The van der Waals surface area contributed by atoms with Crippen LogP contribution in [0, 0.1) is 0 Å². The molecule has 2 bridgehead atoms. The van der Waals surface area contributed by atoms with E-state index >= 15 is 0 Å². The Labute approximate surface area is 127 Å². The maximum Gasteiger partial charge on any atom is 0.256 e. The van der Waals surface area contributed by atoms with Gasteiger partial charge in [-0.2, -0.15) is 0 Å². The van der Waals surface area contributed by atoms with Crippen LogP contribution in [-0.2, 0) is 21.8 Å². The quantitative estimate of drug-likeness (QED) is 0.699. The molecule has 5 rings (SSSR count). The summed E-state index contributed by atoms with van der Waals surface area (Å²) in [6, 6.07) is 15.8. The Balaban J connectivity index is 1.84. The van der Waals surface area contributed by atoms with E-state index in [1.807, 2.05) is 48.5 Å². The van der Waals surface area contributed by atoms with E-state index in [2.05, 4.69) is 4.57 Å². The highest BCUT2D eigenvalue weighted by Gasteiger charge is 2.52. The minimum atomic E-state index is -0.921. The number of fused-ring (bicyclic) bond motifs is 6. The van der Waals surface area contributed by atoms with Gasteiger partial charge in [0.25, 0.3) is 5.79 Å². The van der Waals surface area contributed by atoms with Crippen molar-refractivity contribution in [2.45, 2.75) is 18.4 Å². The summed E-state index contributed by atoms with van der Waals surface area (Å²) in [5, 5.41) is 0. The molecule has 0 spiro atoms. The van der Waals surface area contributed by atoms with Gasteiger partial charge in [0.1, 0.15) is 6.10 Å². The molecule has 0 aliphatic carbocycles. The zero-order chi connectivity index (χ0) is 14.7. The molecule has 1 saturated heterocycles. The van der Waals surface area contributed by atoms with Gasteiger partial charge in [-0.15, -0.1) is 0 Å². The van der Waals surface area contributed by atoms with Gasteiger partial charge in [0.2, 0.25) is 0 Å². The van der Waals surface area contributed by atoms with Crippen LogP contribution in [0.15, 0.2) is 48.5 Å². The number of hydrogen-bond acceptors (Lipinski definition) is 4. The van der Waals surface area contributed by atoms with Gasteiger partial charge in [-0.3, -0.25) is 0 Å². The topological polar surface area (TPSA) is 62.3 Å². The van der Waals surface area contributed by atoms with E-state index in [-0.39, 0.29) is 6.10 Å². The maximum atomic E-state index is 6.22. The van der Waals surface area contributed by atoms with Gasteiger partial charge in [-0.25, -0.2) is 4.98 Å². The molecule has 0 saturated carbocycles. The molecule has 1 aromatic heterocycles. The molecule has 2 N–H and O–H groups in total. The van der Waals surface area contributed by atoms with E-state index in [1.54, 1.807) is 0 Å². The van der Waals surface area contributed by atoms with Gasteiger partial charge in [0.15, 0.2) is 5.82 Å². The molecule has 2 atom stereocenters. The van der Waals surface area contributed by atoms with Crippen LogP contribution in [0.25, 0.3) is 11.0 Å². The molecular formula is C17H15N3O2. The molecular weight excluding hydrogens is 278 g/mol. The first kappa shape index (κ1) is 12.2. The molecule has 0 radical (unpaired) electrons. The van der Waals surface area contributed by atoms with E-state index in [0.29, 0.717) is 13.2 Å². The van der Waals surface area contributed by atoms with Crippen LogP contribution in [0.3, 0.4) is 0 Å². The molecule has 22 heavy (non-hydrogen) atoms. The van der Waals surface area contributed by atoms with Crippen LogP contribution in [0.1, 0.15) is 11.4 Å². The third kappa shape index (κ3) is 1.42. The fourth-order valence-corrected chi connectivity index (χ4v) is 3.50. The number of hydrogen-bond donors (Lipinski definition) is 1. The average molecular weight is 293 g/mol. The number of anilines is 1. The third-order valence-corrected chi connectivity index (χ3v) is 4.44. The first-order chi connectivity index (χ1) is 10.8. The lowest BCUT2D eigenvalue weighted by atomic mass is 10.0. The molecule has 5 nitrogen and oxygen atoms in total. The van der Waals surface area contributed by atoms with E-state index in [0.717, 1.165) is 28.1 Å². The number of aromatic nitrogens is 2. The summed E-state index contributed by atoms with van der Waals surface area (Å²) in [6.07, 6.45) is 0.0183. The highest BCUT2D eigenvalue weighted by atomic mass is 16.7. The molecule has 5 heteroatoms. The predicted molar refractivity (Wildman–Crippen MR) is 82.2 cm³/mol. The van der Waals surface area contributed by atoms with E-state index < -0.39 is 5.79 Å². The zero-order valence-electron chi connectivity index (χ0n) is 11.9. The Morgan fingerprint density at radius 1 is 1.14 bits per heavy atom. The highest BCUT2D eigenvalue weighted by Crippen LogP contribution is 2.45. The number of nitrogens with zero attached hydrogens (tertiary/aromatic N) is 2. The summed E-state index contributed by atoms with van der Waals surface area (Å²) in [4.78, 5) is 4.77. The van der Waals surface area contributed by atoms with Gasteiger partial charge in [-0.05, 0) is 12.1 Å². The lowest BCUT2D eigenvalue weighted by Crippen LogP contribution is -2.38. The molecule has 0 amide bonds. The van der Waals surface area contributed by atoms with E-state index in [9.17, 15) is 0 Å². The second-order valence-electron chi connectivity index (χ2n) is 5.79. The van der Waals surface area contributed by atoms with Gasteiger partial charge in [-0.1, -0.05) is 36.4 Å². The number of ether oxygens (including phenoxy) is 2. The SMILES string of the molecule is Nc1cccc2nc3n(c12)CC1COC3(c2ccccc2)O1.